The Bertz CT molecular complexity index is 764. The Morgan fingerprint density at radius 3 is 1.57 bits per heavy atom. The molecule has 3 heteroatoms. The average molecular weight is 328 g/mol. The highest BCUT2D eigenvalue weighted by molar-refractivity contribution is 7.25. The van der Waals surface area contributed by atoms with Crippen molar-refractivity contribution in [2.45, 2.75) is 52.4 Å². The van der Waals surface area contributed by atoms with Crippen molar-refractivity contribution >= 4 is 31.5 Å². The minimum Gasteiger partial charge on any atom is -0.508 e. The molecule has 3 rings (SSSR count). The van der Waals surface area contributed by atoms with Gasteiger partial charge in [0.2, 0.25) is 0 Å². The lowest BCUT2D eigenvalue weighted by Gasteiger charge is -2.05. The van der Waals surface area contributed by atoms with Crippen molar-refractivity contribution in [2.75, 3.05) is 0 Å². The summed E-state index contributed by atoms with van der Waals surface area (Å²) in [6, 6.07) is 7.97. The van der Waals surface area contributed by atoms with Gasteiger partial charge >= 0.3 is 0 Å². The average Bonchev–Trinajstić information content (AvgIpc) is 2.87. The van der Waals surface area contributed by atoms with Crippen LogP contribution in [0.4, 0.5) is 0 Å². The summed E-state index contributed by atoms with van der Waals surface area (Å²) in [4.78, 5) is 0. The monoisotopic (exact) mass is 328 g/mol. The summed E-state index contributed by atoms with van der Waals surface area (Å²) < 4.78 is 2.38. The summed E-state index contributed by atoms with van der Waals surface area (Å²) in [6.45, 7) is 4.32. The van der Waals surface area contributed by atoms with Crippen LogP contribution in [0.5, 0.6) is 11.5 Å². The number of unbranched alkanes of at least 4 members (excludes halogenated alkanes) is 2. The summed E-state index contributed by atoms with van der Waals surface area (Å²) in [6.07, 6.45) is 6.26. The molecule has 0 amide bonds. The Morgan fingerprint density at radius 2 is 1.17 bits per heavy atom. The van der Waals surface area contributed by atoms with Crippen LogP contribution >= 0.6 is 11.3 Å². The molecule has 3 aromatic rings. The first kappa shape index (κ1) is 16.1. The topological polar surface area (TPSA) is 40.5 Å². The lowest BCUT2D eigenvalue weighted by Crippen LogP contribution is -1.86. The molecule has 0 aliphatic heterocycles. The van der Waals surface area contributed by atoms with Crippen LogP contribution in [0.3, 0.4) is 0 Å². The zero-order chi connectivity index (χ0) is 16.4. The van der Waals surface area contributed by atoms with Crippen LogP contribution in [-0.2, 0) is 12.8 Å². The molecule has 0 aliphatic rings. The maximum absolute atomic E-state index is 10.3. The van der Waals surface area contributed by atoms with Crippen molar-refractivity contribution in [3.8, 4) is 11.5 Å². The Kier molecular flexibility index (Phi) is 4.76. The summed E-state index contributed by atoms with van der Waals surface area (Å²) >= 11 is 1.75. The van der Waals surface area contributed by atoms with Crippen molar-refractivity contribution in [3.63, 3.8) is 0 Å². The zero-order valence-corrected chi connectivity index (χ0v) is 14.7. The molecule has 0 radical (unpaired) electrons. The molecule has 1 heterocycles. The molecule has 0 atom stereocenters. The fourth-order valence-corrected chi connectivity index (χ4v) is 4.26. The maximum Gasteiger partial charge on any atom is 0.119 e. The molecule has 0 bridgehead atoms. The van der Waals surface area contributed by atoms with E-state index < -0.39 is 0 Å². The fourth-order valence-electron chi connectivity index (χ4n) is 3.06. The van der Waals surface area contributed by atoms with Gasteiger partial charge in [-0.05, 0) is 61.1 Å². The number of fused-ring (bicyclic) bond motifs is 3. The summed E-state index contributed by atoms with van der Waals surface area (Å²) in [7, 11) is 0. The third-order valence-corrected chi connectivity index (χ3v) is 5.59. The molecule has 1 aromatic heterocycles. The largest absolute Gasteiger partial charge is 0.508 e. The molecule has 122 valence electrons. The van der Waals surface area contributed by atoms with E-state index in [1.807, 2.05) is 12.1 Å². The molecule has 0 saturated carbocycles. The fraction of sp³-hybridized carbons (Fsp3) is 0.400. The van der Waals surface area contributed by atoms with E-state index >= 15 is 0 Å². The second kappa shape index (κ2) is 6.79. The summed E-state index contributed by atoms with van der Waals surface area (Å²) in [5, 5.41) is 22.7. The highest BCUT2D eigenvalue weighted by Gasteiger charge is 2.12. The molecule has 0 saturated heterocycles. The van der Waals surface area contributed by atoms with Crippen LogP contribution in [0.15, 0.2) is 24.3 Å². The highest BCUT2D eigenvalue weighted by Crippen LogP contribution is 2.40. The van der Waals surface area contributed by atoms with Crippen LogP contribution in [-0.4, -0.2) is 10.2 Å². The van der Waals surface area contributed by atoms with Gasteiger partial charge in [0.1, 0.15) is 11.5 Å². The smallest absolute Gasteiger partial charge is 0.119 e. The first-order valence-corrected chi connectivity index (χ1v) is 9.35. The molecule has 0 spiro atoms. The van der Waals surface area contributed by atoms with E-state index in [0.29, 0.717) is 11.5 Å². The van der Waals surface area contributed by atoms with Gasteiger partial charge in [-0.15, -0.1) is 11.3 Å². The predicted octanol–water partition coefficient (Wildman–Crippen LogP) is 6.15. The van der Waals surface area contributed by atoms with Crippen LogP contribution in [0, 0.1) is 0 Å². The van der Waals surface area contributed by atoms with Gasteiger partial charge in [0, 0.05) is 20.2 Å². The first-order chi connectivity index (χ1) is 11.1. The molecule has 0 unspecified atom stereocenters. The van der Waals surface area contributed by atoms with Crippen LogP contribution in [0.2, 0.25) is 0 Å². The minimum absolute atomic E-state index is 0.375. The van der Waals surface area contributed by atoms with Crippen molar-refractivity contribution in [2.24, 2.45) is 0 Å². The number of benzene rings is 2. The van der Waals surface area contributed by atoms with Gasteiger partial charge in [0.05, 0.1) is 0 Å². The highest BCUT2D eigenvalue weighted by atomic mass is 32.1. The first-order valence-electron chi connectivity index (χ1n) is 8.54. The normalized spacial score (nSPS) is 11.6. The number of hydrogen-bond donors (Lipinski definition) is 2. The van der Waals surface area contributed by atoms with Gasteiger partial charge in [0.15, 0.2) is 0 Å². The third kappa shape index (κ3) is 3.16. The molecule has 0 fully saturated rings. The van der Waals surface area contributed by atoms with E-state index in [-0.39, 0.29) is 0 Å². The summed E-state index contributed by atoms with van der Waals surface area (Å²) in [5.74, 6) is 0.750. The second-order valence-electron chi connectivity index (χ2n) is 6.26. The van der Waals surface area contributed by atoms with Gasteiger partial charge < -0.3 is 10.2 Å². The number of aryl methyl sites for hydroxylation is 2. The number of aromatic hydroxyl groups is 2. The Hall–Kier alpha value is -1.74. The molecule has 2 nitrogen and oxygen atoms in total. The van der Waals surface area contributed by atoms with Gasteiger partial charge in [-0.1, -0.05) is 26.7 Å². The van der Waals surface area contributed by atoms with Gasteiger partial charge in [-0.25, -0.2) is 0 Å². The number of rotatable bonds is 6. The van der Waals surface area contributed by atoms with E-state index in [1.54, 1.807) is 11.3 Å². The van der Waals surface area contributed by atoms with Crippen molar-refractivity contribution in [1.82, 2.24) is 0 Å². The SMILES string of the molecule is CCCCc1cc2sc3cc(CCCC)c(O)cc3c2cc1O. The molecular weight excluding hydrogens is 304 g/mol. The van der Waals surface area contributed by atoms with Crippen molar-refractivity contribution in [1.29, 1.82) is 0 Å². The number of hydrogen-bond acceptors (Lipinski definition) is 3. The Balaban J connectivity index is 2.10. The third-order valence-electron chi connectivity index (χ3n) is 4.47. The second-order valence-corrected chi connectivity index (χ2v) is 7.35. The minimum atomic E-state index is 0.375. The van der Waals surface area contributed by atoms with Crippen LogP contribution in [0.25, 0.3) is 20.2 Å². The van der Waals surface area contributed by atoms with Gasteiger partial charge in [-0.3, -0.25) is 0 Å². The van der Waals surface area contributed by atoms with E-state index in [1.165, 1.54) is 9.40 Å². The molecule has 2 N–H and O–H groups in total. The summed E-state index contributed by atoms with van der Waals surface area (Å²) in [5.41, 5.74) is 2.06. The van der Waals surface area contributed by atoms with E-state index in [4.69, 9.17) is 0 Å². The van der Waals surface area contributed by atoms with E-state index in [2.05, 4.69) is 26.0 Å². The zero-order valence-electron chi connectivity index (χ0n) is 13.9. The van der Waals surface area contributed by atoms with Crippen molar-refractivity contribution in [3.05, 3.63) is 35.4 Å². The Labute approximate surface area is 141 Å². The molecule has 23 heavy (non-hydrogen) atoms. The van der Waals surface area contributed by atoms with E-state index in [9.17, 15) is 10.2 Å². The molecule has 2 aromatic carbocycles. The van der Waals surface area contributed by atoms with E-state index in [0.717, 1.165) is 60.4 Å². The number of phenolic OH excluding ortho intramolecular Hbond substituents is 2. The van der Waals surface area contributed by atoms with Crippen LogP contribution in [0.1, 0.15) is 50.7 Å². The van der Waals surface area contributed by atoms with Crippen molar-refractivity contribution < 1.29 is 10.2 Å². The quantitative estimate of drug-likeness (QED) is 0.569. The number of thiophene rings is 1. The van der Waals surface area contributed by atoms with Gasteiger partial charge in [-0.2, -0.15) is 0 Å². The molecule has 0 aliphatic carbocycles. The maximum atomic E-state index is 10.3. The van der Waals surface area contributed by atoms with Gasteiger partial charge in [0.25, 0.3) is 0 Å². The Morgan fingerprint density at radius 1 is 0.739 bits per heavy atom. The molecular formula is C20H24O2S. The lowest BCUT2D eigenvalue weighted by atomic mass is 10.0. The van der Waals surface area contributed by atoms with Crippen LogP contribution < -0.4 is 0 Å². The lowest BCUT2D eigenvalue weighted by molar-refractivity contribution is 0.467. The predicted molar refractivity (Wildman–Crippen MR) is 99.9 cm³/mol. The number of phenols is 2. The standard InChI is InChI=1S/C20H24O2S/c1-3-5-7-13-9-19-15(11-17(13)21)16-12-18(22)14(8-6-4-2)10-20(16)23-19/h9-12,21-22H,3-8H2,1-2H3.